The Labute approximate surface area is 69.2 Å². The van der Waals surface area contributed by atoms with Crippen LogP contribution in [-0.4, -0.2) is 22.4 Å². The first kappa shape index (κ1) is 10.9. The van der Waals surface area contributed by atoms with Crippen LogP contribution in [0.4, 0.5) is 0 Å². The second kappa shape index (κ2) is 4.73. The van der Waals surface area contributed by atoms with E-state index in [4.69, 9.17) is 0 Å². The van der Waals surface area contributed by atoms with Crippen LogP contribution in [0.15, 0.2) is 0 Å². The van der Waals surface area contributed by atoms with Crippen LogP contribution in [0.1, 0.15) is 34.1 Å². The fraction of sp³-hybridized carbons (Fsp3) is 1.00. The second-order valence-corrected chi connectivity index (χ2v) is 3.93. The average molecular weight is 160 g/mol. The number of hydrogen-bond acceptors (Lipinski definition) is 2. The van der Waals surface area contributed by atoms with Crippen molar-refractivity contribution >= 4 is 0 Å². The van der Waals surface area contributed by atoms with Crippen molar-refractivity contribution in [2.45, 2.75) is 46.3 Å². The van der Waals surface area contributed by atoms with Gasteiger partial charge in [-0.15, -0.1) is 0 Å². The molecule has 0 rings (SSSR count). The largest absolute Gasteiger partial charge is 0.390 e. The van der Waals surface area contributed by atoms with E-state index in [0.717, 1.165) is 0 Å². The quantitative estimate of drug-likeness (QED) is 0.653. The van der Waals surface area contributed by atoms with Gasteiger partial charge in [0.2, 0.25) is 0 Å². The molecule has 0 bridgehead atoms. The van der Waals surface area contributed by atoms with Crippen molar-refractivity contribution in [1.29, 1.82) is 0 Å². The van der Waals surface area contributed by atoms with Crippen molar-refractivity contribution < 1.29 is 10.2 Å². The van der Waals surface area contributed by atoms with E-state index in [2.05, 4.69) is 0 Å². The molecule has 0 aromatic carbocycles. The Morgan fingerprint density at radius 3 is 1.73 bits per heavy atom. The number of aliphatic hydroxyl groups is 2. The molecule has 2 heteroatoms. The zero-order valence-corrected chi connectivity index (χ0v) is 7.91. The van der Waals surface area contributed by atoms with Gasteiger partial charge < -0.3 is 10.2 Å². The minimum atomic E-state index is -0.572. The Morgan fingerprint density at radius 2 is 1.45 bits per heavy atom. The third-order valence-corrected chi connectivity index (χ3v) is 1.79. The van der Waals surface area contributed by atoms with E-state index < -0.39 is 12.2 Å². The van der Waals surface area contributed by atoms with Gasteiger partial charge in [-0.2, -0.15) is 0 Å². The van der Waals surface area contributed by atoms with Gasteiger partial charge in [-0.25, -0.2) is 0 Å². The summed E-state index contributed by atoms with van der Waals surface area (Å²) in [6, 6.07) is 0. The third-order valence-electron chi connectivity index (χ3n) is 1.79. The highest BCUT2D eigenvalue weighted by atomic mass is 16.3. The first-order valence-corrected chi connectivity index (χ1v) is 4.31. The monoisotopic (exact) mass is 160 g/mol. The zero-order valence-electron chi connectivity index (χ0n) is 7.91. The van der Waals surface area contributed by atoms with Crippen LogP contribution in [0.5, 0.6) is 0 Å². The van der Waals surface area contributed by atoms with Gasteiger partial charge in [0.05, 0.1) is 12.2 Å². The van der Waals surface area contributed by atoms with Gasteiger partial charge >= 0.3 is 0 Å². The predicted molar refractivity (Wildman–Crippen MR) is 46.3 cm³/mol. The van der Waals surface area contributed by atoms with Crippen molar-refractivity contribution in [3.63, 3.8) is 0 Å². The van der Waals surface area contributed by atoms with Crippen LogP contribution in [0.2, 0.25) is 0 Å². The Bertz CT molecular complexity index is 99.7. The van der Waals surface area contributed by atoms with Crippen LogP contribution in [-0.2, 0) is 0 Å². The fourth-order valence-electron chi connectivity index (χ4n) is 1.07. The number of aliphatic hydroxyl groups excluding tert-OH is 2. The molecule has 2 N–H and O–H groups in total. The zero-order chi connectivity index (χ0) is 9.02. The van der Waals surface area contributed by atoms with E-state index in [-0.39, 0.29) is 5.92 Å². The summed E-state index contributed by atoms with van der Waals surface area (Å²) < 4.78 is 0. The SMILES string of the molecule is CC(C)C[C@@H](O)[C@H](O)C(C)C. The van der Waals surface area contributed by atoms with E-state index in [1.54, 1.807) is 0 Å². The summed E-state index contributed by atoms with van der Waals surface area (Å²) in [5, 5.41) is 18.8. The maximum atomic E-state index is 9.41. The van der Waals surface area contributed by atoms with Crippen molar-refractivity contribution in [1.82, 2.24) is 0 Å². The van der Waals surface area contributed by atoms with Crippen LogP contribution >= 0.6 is 0 Å². The lowest BCUT2D eigenvalue weighted by Crippen LogP contribution is -2.31. The van der Waals surface area contributed by atoms with Crippen LogP contribution in [0.3, 0.4) is 0 Å². The van der Waals surface area contributed by atoms with Gasteiger partial charge in [0.25, 0.3) is 0 Å². The summed E-state index contributed by atoms with van der Waals surface area (Å²) in [6.45, 7) is 7.90. The van der Waals surface area contributed by atoms with E-state index in [9.17, 15) is 10.2 Å². The van der Waals surface area contributed by atoms with Crippen molar-refractivity contribution in [3.8, 4) is 0 Å². The number of rotatable bonds is 4. The maximum Gasteiger partial charge on any atom is 0.0822 e. The predicted octanol–water partition coefficient (Wildman–Crippen LogP) is 1.41. The van der Waals surface area contributed by atoms with Gasteiger partial charge in [0, 0.05) is 0 Å². The highest BCUT2D eigenvalue weighted by Gasteiger charge is 2.19. The van der Waals surface area contributed by atoms with Crippen molar-refractivity contribution in [3.05, 3.63) is 0 Å². The lowest BCUT2D eigenvalue weighted by atomic mass is 9.95. The molecule has 0 aromatic heterocycles. The second-order valence-electron chi connectivity index (χ2n) is 3.93. The van der Waals surface area contributed by atoms with Gasteiger partial charge in [0.15, 0.2) is 0 Å². The fourth-order valence-corrected chi connectivity index (χ4v) is 1.07. The van der Waals surface area contributed by atoms with Gasteiger partial charge in [-0.05, 0) is 18.3 Å². The summed E-state index contributed by atoms with van der Waals surface area (Å²) in [6.07, 6.45) is -0.452. The van der Waals surface area contributed by atoms with E-state index >= 15 is 0 Å². The molecule has 2 nitrogen and oxygen atoms in total. The summed E-state index contributed by atoms with van der Waals surface area (Å²) in [4.78, 5) is 0. The van der Waals surface area contributed by atoms with Crippen molar-refractivity contribution in [2.24, 2.45) is 11.8 Å². The number of hydrogen-bond donors (Lipinski definition) is 2. The summed E-state index contributed by atoms with van der Waals surface area (Å²) in [5.74, 6) is 0.585. The highest BCUT2D eigenvalue weighted by Crippen LogP contribution is 2.13. The molecular weight excluding hydrogens is 140 g/mol. The highest BCUT2D eigenvalue weighted by molar-refractivity contribution is 4.71. The Morgan fingerprint density at radius 1 is 1.00 bits per heavy atom. The van der Waals surface area contributed by atoms with E-state index in [1.165, 1.54) is 0 Å². The van der Waals surface area contributed by atoms with Crippen molar-refractivity contribution in [2.75, 3.05) is 0 Å². The van der Waals surface area contributed by atoms with Crippen LogP contribution in [0.25, 0.3) is 0 Å². The molecule has 0 spiro atoms. The summed E-state index contributed by atoms with van der Waals surface area (Å²) >= 11 is 0. The summed E-state index contributed by atoms with van der Waals surface area (Å²) in [7, 11) is 0. The van der Waals surface area contributed by atoms with Crippen LogP contribution < -0.4 is 0 Å². The molecule has 0 heterocycles. The van der Waals surface area contributed by atoms with E-state index in [1.807, 2.05) is 27.7 Å². The lowest BCUT2D eigenvalue weighted by Gasteiger charge is -2.22. The molecule has 0 amide bonds. The molecule has 0 unspecified atom stereocenters. The standard InChI is InChI=1S/C9H20O2/c1-6(2)5-8(10)9(11)7(3)4/h6-11H,5H2,1-4H3/t8-,9-/m1/s1. The van der Waals surface area contributed by atoms with E-state index in [0.29, 0.717) is 12.3 Å². The average Bonchev–Trinajstić information content (AvgIpc) is 1.84. The molecule has 0 aliphatic rings. The Hall–Kier alpha value is -0.0800. The minimum absolute atomic E-state index is 0.142. The lowest BCUT2D eigenvalue weighted by molar-refractivity contribution is -0.0180. The molecule has 0 aliphatic carbocycles. The maximum absolute atomic E-state index is 9.41. The normalized spacial score (nSPS) is 17.5. The molecule has 0 radical (unpaired) electrons. The molecular formula is C9H20O2. The molecule has 0 saturated heterocycles. The first-order valence-electron chi connectivity index (χ1n) is 4.31. The Balaban J connectivity index is 3.73. The molecule has 2 atom stereocenters. The Kier molecular flexibility index (Phi) is 4.69. The molecule has 0 aromatic rings. The van der Waals surface area contributed by atoms with Gasteiger partial charge in [-0.3, -0.25) is 0 Å². The molecule has 0 fully saturated rings. The third kappa shape index (κ3) is 4.38. The molecule has 68 valence electrons. The summed E-state index contributed by atoms with van der Waals surface area (Å²) in [5.41, 5.74) is 0. The van der Waals surface area contributed by atoms with Gasteiger partial charge in [0.1, 0.15) is 0 Å². The smallest absolute Gasteiger partial charge is 0.0822 e. The minimum Gasteiger partial charge on any atom is -0.390 e. The molecule has 11 heavy (non-hydrogen) atoms. The molecule has 0 aliphatic heterocycles. The van der Waals surface area contributed by atoms with Crippen LogP contribution in [0, 0.1) is 11.8 Å². The van der Waals surface area contributed by atoms with Gasteiger partial charge in [-0.1, -0.05) is 27.7 Å². The first-order chi connectivity index (χ1) is 4.95. The molecule has 0 saturated carbocycles. The topological polar surface area (TPSA) is 40.5 Å².